The molecule has 0 bridgehead atoms. The highest BCUT2D eigenvalue weighted by atomic mass is 32.1. The summed E-state index contributed by atoms with van der Waals surface area (Å²) < 4.78 is 7.90. The first kappa shape index (κ1) is 13.3. The van der Waals surface area contributed by atoms with Gasteiger partial charge in [0, 0.05) is 11.5 Å². The molecule has 3 N–H and O–H groups in total. The molecule has 1 amide bonds. The lowest BCUT2D eigenvalue weighted by atomic mass is 10.2. The number of nitrogens with one attached hydrogen (secondary N) is 1. The van der Waals surface area contributed by atoms with E-state index in [1.54, 1.807) is 29.6 Å². The second kappa shape index (κ2) is 5.01. The van der Waals surface area contributed by atoms with E-state index >= 15 is 0 Å². The van der Waals surface area contributed by atoms with Crippen molar-refractivity contribution in [2.75, 3.05) is 0 Å². The average molecular weight is 307 g/mol. The molecular weight excluding hydrogens is 294 g/mol. The van der Waals surface area contributed by atoms with Gasteiger partial charge in [-0.05, 0) is 25.3 Å². The number of benzene rings is 1. The summed E-state index contributed by atoms with van der Waals surface area (Å²) in [5.41, 5.74) is 3.10. The van der Waals surface area contributed by atoms with E-state index < -0.39 is 6.10 Å². The third-order valence-electron chi connectivity index (χ3n) is 2.98. The Kier molecular flexibility index (Phi) is 3.33. The van der Waals surface area contributed by atoms with Crippen molar-refractivity contribution in [2.45, 2.75) is 20.0 Å². The zero-order valence-electron chi connectivity index (χ0n) is 11.0. The Morgan fingerprint density at radius 2 is 2.35 bits per heavy atom. The summed E-state index contributed by atoms with van der Waals surface area (Å²) in [7, 11) is 0. The molecule has 2 heterocycles. The van der Waals surface area contributed by atoms with E-state index in [0.29, 0.717) is 5.75 Å². The number of hydrazine groups is 1. The topological polar surface area (TPSA) is 77.2 Å². The molecular formula is C13H13N3O2S2. The number of carbonyl (C=O) groups is 1. The number of nitrogens with two attached hydrogens (primary N) is 1. The Morgan fingerprint density at radius 1 is 1.55 bits per heavy atom. The number of amides is 1. The van der Waals surface area contributed by atoms with Crippen molar-refractivity contribution in [3.8, 4) is 5.75 Å². The summed E-state index contributed by atoms with van der Waals surface area (Å²) in [6, 6.07) is 3.92. The van der Waals surface area contributed by atoms with Gasteiger partial charge in [-0.25, -0.2) is 10.8 Å². The van der Waals surface area contributed by atoms with Crippen LogP contribution in [0, 0.1) is 6.92 Å². The maximum Gasteiger partial charge on any atom is 0.274 e. The molecule has 7 heteroatoms. The first-order valence-electron chi connectivity index (χ1n) is 6.04. The Bertz CT molecular complexity index is 793. The summed E-state index contributed by atoms with van der Waals surface area (Å²) in [5.74, 6) is 5.46. The fourth-order valence-corrected chi connectivity index (χ4v) is 3.88. The van der Waals surface area contributed by atoms with Crippen LogP contribution in [-0.2, 0) is 4.79 Å². The summed E-state index contributed by atoms with van der Waals surface area (Å²) in [5, 5.41) is 3.99. The van der Waals surface area contributed by atoms with Gasteiger partial charge in [0.25, 0.3) is 5.91 Å². The second-order valence-electron chi connectivity index (χ2n) is 4.39. The van der Waals surface area contributed by atoms with Crippen molar-refractivity contribution in [2.24, 2.45) is 5.84 Å². The molecule has 3 rings (SSSR count). The standard InChI is InChI=1S/C13H13N3O2S2/c1-6(13(17)16-14)18-9-5-10-11(15-7(2)20-10)12-8(9)3-4-19-12/h3-6H,14H2,1-2H3,(H,16,17). The quantitative estimate of drug-likeness (QED) is 0.443. The van der Waals surface area contributed by atoms with Crippen molar-refractivity contribution in [1.29, 1.82) is 0 Å². The minimum Gasteiger partial charge on any atom is -0.480 e. The lowest BCUT2D eigenvalue weighted by Gasteiger charge is -2.13. The van der Waals surface area contributed by atoms with Crippen LogP contribution in [0.5, 0.6) is 5.75 Å². The predicted octanol–water partition coefficient (Wildman–Crippen LogP) is 2.58. The number of thiophene rings is 1. The molecule has 0 saturated carbocycles. The highest BCUT2D eigenvalue weighted by Gasteiger charge is 2.17. The van der Waals surface area contributed by atoms with Crippen LogP contribution >= 0.6 is 22.7 Å². The van der Waals surface area contributed by atoms with Crippen LogP contribution in [0.3, 0.4) is 0 Å². The molecule has 20 heavy (non-hydrogen) atoms. The van der Waals surface area contributed by atoms with Gasteiger partial charge in [0.15, 0.2) is 6.10 Å². The fraction of sp³-hybridized carbons (Fsp3) is 0.231. The van der Waals surface area contributed by atoms with Crippen LogP contribution in [0.2, 0.25) is 0 Å². The number of hydrogen-bond donors (Lipinski definition) is 2. The van der Waals surface area contributed by atoms with Crippen LogP contribution in [0.25, 0.3) is 20.3 Å². The highest BCUT2D eigenvalue weighted by molar-refractivity contribution is 7.21. The van der Waals surface area contributed by atoms with Crippen molar-refractivity contribution in [1.82, 2.24) is 10.4 Å². The highest BCUT2D eigenvalue weighted by Crippen LogP contribution is 2.39. The van der Waals surface area contributed by atoms with Crippen molar-refractivity contribution >= 4 is 48.9 Å². The summed E-state index contributed by atoms with van der Waals surface area (Å²) >= 11 is 3.24. The fourth-order valence-electron chi connectivity index (χ4n) is 2.05. The van der Waals surface area contributed by atoms with Gasteiger partial charge in [-0.1, -0.05) is 0 Å². The molecule has 3 aromatic rings. The van der Waals surface area contributed by atoms with Gasteiger partial charge in [-0.3, -0.25) is 10.2 Å². The van der Waals surface area contributed by atoms with Gasteiger partial charge in [0.2, 0.25) is 0 Å². The third kappa shape index (κ3) is 2.13. The number of fused-ring (bicyclic) bond motifs is 3. The van der Waals surface area contributed by atoms with Crippen LogP contribution in [0.15, 0.2) is 17.5 Å². The zero-order valence-corrected chi connectivity index (χ0v) is 12.6. The lowest BCUT2D eigenvalue weighted by Crippen LogP contribution is -2.40. The number of thiazole rings is 1. The largest absolute Gasteiger partial charge is 0.480 e. The van der Waals surface area contributed by atoms with Crippen LogP contribution in [0.1, 0.15) is 11.9 Å². The molecule has 1 unspecified atom stereocenters. The molecule has 0 saturated heterocycles. The normalized spacial score (nSPS) is 12.8. The predicted molar refractivity (Wildman–Crippen MR) is 82.2 cm³/mol. The number of nitrogens with zero attached hydrogens (tertiary/aromatic N) is 1. The first-order valence-corrected chi connectivity index (χ1v) is 7.74. The monoisotopic (exact) mass is 307 g/mol. The molecule has 0 aliphatic carbocycles. The smallest absolute Gasteiger partial charge is 0.274 e. The van der Waals surface area contributed by atoms with Gasteiger partial charge in [0.1, 0.15) is 5.75 Å². The minimum absolute atomic E-state index is 0.353. The summed E-state index contributed by atoms with van der Waals surface area (Å²) in [6.07, 6.45) is -0.644. The number of ether oxygens (including phenoxy) is 1. The van der Waals surface area contributed by atoms with Gasteiger partial charge in [0.05, 0.1) is 19.9 Å². The number of carbonyl (C=O) groups excluding carboxylic acids is 1. The Hall–Kier alpha value is -1.70. The summed E-state index contributed by atoms with van der Waals surface area (Å²) in [6.45, 7) is 3.65. The summed E-state index contributed by atoms with van der Waals surface area (Å²) in [4.78, 5) is 16.0. The lowest BCUT2D eigenvalue weighted by molar-refractivity contribution is -0.127. The van der Waals surface area contributed by atoms with Crippen LogP contribution in [-0.4, -0.2) is 17.0 Å². The van der Waals surface area contributed by atoms with E-state index in [9.17, 15) is 4.79 Å². The Morgan fingerprint density at radius 3 is 3.10 bits per heavy atom. The Balaban J connectivity index is 2.13. The molecule has 104 valence electrons. The number of rotatable bonds is 3. The molecule has 1 atom stereocenters. The molecule has 1 aromatic carbocycles. The molecule has 5 nitrogen and oxygen atoms in total. The van der Waals surface area contributed by atoms with Crippen molar-refractivity contribution in [3.05, 3.63) is 22.5 Å². The van der Waals surface area contributed by atoms with Crippen LogP contribution in [0.4, 0.5) is 0 Å². The second-order valence-corrected chi connectivity index (χ2v) is 6.54. The molecule has 0 spiro atoms. The maximum atomic E-state index is 11.5. The van der Waals surface area contributed by atoms with E-state index in [-0.39, 0.29) is 5.91 Å². The van der Waals surface area contributed by atoms with E-state index in [1.165, 1.54) is 0 Å². The van der Waals surface area contributed by atoms with E-state index in [1.807, 2.05) is 24.4 Å². The minimum atomic E-state index is -0.644. The van der Waals surface area contributed by atoms with E-state index in [0.717, 1.165) is 25.3 Å². The van der Waals surface area contributed by atoms with Crippen molar-refractivity contribution < 1.29 is 9.53 Å². The number of aryl methyl sites for hydroxylation is 1. The SMILES string of the molecule is Cc1nc2c(cc(OC(C)C(=O)NN)c3ccsc32)s1. The zero-order chi connectivity index (χ0) is 14.3. The van der Waals surface area contributed by atoms with Gasteiger partial charge in [-0.15, -0.1) is 22.7 Å². The molecule has 0 fully saturated rings. The van der Waals surface area contributed by atoms with E-state index in [4.69, 9.17) is 10.6 Å². The molecule has 0 aliphatic heterocycles. The molecule has 0 radical (unpaired) electrons. The molecule has 0 aliphatic rings. The van der Waals surface area contributed by atoms with Gasteiger partial charge in [-0.2, -0.15) is 0 Å². The number of hydrogen-bond acceptors (Lipinski definition) is 6. The van der Waals surface area contributed by atoms with Gasteiger partial charge < -0.3 is 4.74 Å². The third-order valence-corrected chi connectivity index (χ3v) is 4.82. The first-order chi connectivity index (χ1) is 9.60. The van der Waals surface area contributed by atoms with Gasteiger partial charge >= 0.3 is 0 Å². The van der Waals surface area contributed by atoms with E-state index in [2.05, 4.69) is 10.4 Å². The number of aromatic nitrogens is 1. The average Bonchev–Trinajstić information content (AvgIpc) is 3.03. The Labute approximate surface area is 123 Å². The van der Waals surface area contributed by atoms with Crippen molar-refractivity contribution in [3.63, 3.8) is 0 Å². The van der Waals surface area contributed by atoms with Crippen LogP contribution < -0.4 is 16.0 Å². The molecule has 2 aromatic heterocycles. The maximum absolute atomic E-state index is 11.5.